The Morgan fingerprint density at radius 2 is 2.31 bits per heavy atom. The van der Waals surface area contributed by atoms with E-state index in [4.69, 9.17) is 10.5 Å². The molecule has 0 fully saturated rings. The maximum atomic E-state index is 13.3. The first-order valence-corrected chi connectivity index (χ1v) is 4.98. The van der Waals surface area contributed by atoms with E-state index < -0.39 is 11.9 Å². The molecule has 88 valence electrons. The average Bonchev–Trinajstić information content (AvgIpc) is 2.28. The molecule has 0 saturated heterocycles. The Morgan fingerprint density at radius 3 is 2.81 bits per heavy atom. The summed E-state index contributed by atoms with van der Waals surface area (Å²) in [7, 11) is 1.38. The summed E-state index contributed by atoms with van der Waals surface area (Å²) in [6.07, 6.45) is 0.532. The third-order valence-electron chi connectivity index (χ3n) is 2.20. The third-order valence-corrected chi connectivity index (χ3v) is 2.20. The summed E-state index contributed by atoms with van der Waals surface area (Å²) in [6.45, 7) is 1.80. The fourth-order valence-corrected chi connectivity index (χ4v) is 1.16. The number of carbonyl (C=O) groups is 1. The minimum atomic E-state index is -0.579. The number of ether oxygens (including phenoxy) is 1. The van der Waals surface area contributed by atoms with Crippen LogP contribution in [0.1, 0.15) is 13.3 Å². The van der Waals surface area contributed by atoms with Gasteiger partial charge in [-0.1, -0.05) is 6.92 Å². The first kappa shape index (κ1) is 12.4. The van der Waals surface area contributed by atoms with Gasteiger partial charge in [-0.05, 0) is 18.6 Å². The first-order chi connectivity index (χ1) is 7.58. The van der Waals surface area contributed by atoms with E-state index in [1.54, 1.807) is 13.0 Å². The summed E-state index contributed by atoms with van der Waals surface area (Å²) in [4.78, 5) is 11.4. The zero-order chi connectivity index (χ0) is 12.1. The van der Waals surface area contributed by atoms with Crippen LogP contribution >= 0.6 is 0 Å². The van der Waals surface area contributed by atoms with Crippen molar-refractivity contribution in [1.29, 1.82) is 0 Å². The molecule has 16 heavy (non-hydrogen) atoms. The van der Waals surface area contributed by atoms with E-state index in [-0.39, 0.29) is 11.7 Å². The van der Waals surface area contributed by atoms with Gasteiger partial charge in [0.15, 0.2) is 11.6 Å². The number of nitrogens with two attached hydrogens (primary N) is 1. The zero-order valence-electron chi connectivity index (χ0n) is 9.29. The maximum Gasteiger partial charge on any atom is 0.241 e. The Balaban J connectivity index is 2.75. The molecular weight excluding hydrogens is 211 g/mol. The number of halogens is 1. The number of rotatable bonds is 4. The molecular formula is C11H15FN2O2. The molecule has 1 atom stereocenters. The Bertz CT molecular complexity index is 382. The van der Waals surface area contributed by atoms with E-state index in [9.17, 15) is 9.18 Å². The molecule has 0 aromatic heterocycles. The Morgan fingerprint density at radius 1 is 1.62 bits per heavy atom. The van der Waals surface area contributed by atoms with Gasteiger partial charge in [-0.25, -0.2) is 4.39 Å². The Labute approximate surface area is 93.6 Å². The number of hydrogen-bond donors (Lipinski definition) is 2. The smallest absolute Gasteiger partial charge is 0.241 e. The summed E-state index contributed by atoms with van der Waals surface area (Å²) in [5.74, 6) is -0.713. The molecule has 1 amide bonds. The van der Waals surface area contributed by atoms with E-state index in [0.29, 0.717) is 12.1 Å². The van der Waals surface area contributed by atoms with Crippen LogP contribution in [0.5, 0.6) is 5.75 Å². The lowest BCUT2D eigenvalue weighted by Crippen LogP contribution is -2.34. The molecule has 0 radical (unpaired) electrons. The van der Waals surface area contributed by atoms with Crippen LogP contribution in [0.25, 0.3) is 0 Å². The van der Waals surface area contributed by atoms with Crippen molar-refractivity contribution in [1.82, 2.24) is 0 Å². The van der Waals surface area contributed by atoms with Crippen molar-refractivity contribution in [2.75, 3.05) is 12.4 Å². The Hall–Kier alpha value is -1.62. The van der Waals surface area contributed by atoms with Crippen LogP contribution in [-0.4, -0.2) is 19.1 Å². The van der Waals surface area contributed by atoms with Gasteiger partial charge in [-0.15, -0.1) is 0 Å². The summed E-state index contributed by atoms with van der Waals surface area (Å²) in [6, 6.07) is 3.62. The van der Waals surface area contributed by atoms with Crippen molar-refractivity contribution in [3.05, 3.63) is 24.0 Å². The molecule has 0 spiro atoms. The largest absolute Gasteiger partial charge is 0.494 e. The summed E-state index contributed by atoms with van der Waals surface area (Å²) in [5, 5.41) is 2.53. The number of methoxy groups -OCH3 is 1. The van der Waals surface area contributed by atoms with Crippen LogP contribution < -0.4 is 15.8 Å². The summed E-state index contributed by atoms with van der Waals surface area (Å²) >= 11 is 0. The van der Waals surface area contributed by atoms with Gasteiger partial charge in [0.25, 0.3) is 0 Å². The van der Waals surface area contributed by atoms with E-state index in [1.807, 2.05) is 0 Å². The second-order valence-corrected chi connectivity index (χ2v) is 3.35. The van der Waals surface area contributed by atoms with Crippen molar-refractivity contribution in [3.63, 3.8) is 0 Å². The van der Waals surface area contributed by atoms with Crippen LogP contribution in [0.15, 0.2) is 18.2 Å². The highest BCUT2D eigenvalue weighted by atomic mass is 19.1. The Kier molecular flexibility index (Phi) is 4.25. The summed E-state index contributed by atoms with van der Waals surface area (Å²) < 4.78 is 18.0. The highest BCUT2D eigenvalue weighted by Gasteiger charge is 2.12. The van der Waals surface area contributed by atoms with Gasteiger partial charge in [0.05, 0.1) is 13.2 Å². The van der Waals surface area contributed by atoms with Gasteiger partial charge in [0, 0.05) is 11.8 Å². The quantitative estimate of drug-likeness (QED) is 0.817. The molecule has 1 rings (SSSR count). The molecule has 4 nitrogen and oxygen atoms in total. The van der Waals surface area contributed by atoms with E-state index in [0.717, 1.165) is 0 Å². The van der Waals surface area contributed by atoms with Crippen LogP contribution in [0.4, 0.5) is 10.1 Å². The number of carbonyl (C=O) groups excluding carboxylic acids is 1. The van der Waals surface area contributed by atoms with Gasteiger partial charge in [0.2, 0.25) is 5.91 Å². The van der Waals surface area contributed by atoms with Crippen molar-refractivity contribution < 1.29 is 13.9 Å². The highest BCUT2D eigenvalue weighted by molar-refractivity contribution is 5.94. The molecule has 5 heteroatoms. The molecule has 0 bridgehead atoms. The zero-order valence-corrected chi connectivity index (χ0v) is 9.29. The number of benzene rings is 1. The van der Waals surface area contributed by atoms with Crippen LogP contribution in [0.3, 0.4) is 0 Å². The lowest BCUT2D eigenvalue weighted by Gasteiger charge is -2.10. The highest BCUT2D eigenvalue weighted by Crippen LogP contribution is 2.20. The van der Waals surface area contributed by atoms with Crippen LogP contribution in [0.2, 0.25) is 0 Å². The SMILES string of the molecule is CC[C@H](N)C(=O)Nc1ccc(OC)c(F)c1. The molecule has 0 unspecified atom stereocenters. The van der Waals surface area contributed by atoms with Crippen LogP contribution in [-0.2, 0) is 4.79 Å². The summed E-state index contributed by atoms with van der Waals surface area (Å²) in [5.41, 5.74) is 5.90. The molecule has 0 saturated carbocycles. The predicted octanol–water partition coefficient (Wildman–Crippen LogP) is 1.51. The predicted molar refractivity (Wildman–Crippen MR) is 59.8 cm³/mol. The minimum absolute atomic E-state index is 0.137. The first-order valence-electron chi connectivity index (χ1n) is 4.98. The monoisotopic (exact) mass is 226 g/mol. The lowest BCUT2D eigenvalue weighted by atomic mass is 10.2. The molecule has 0 heterocycles. The lowest BCUT2D eigenvalue weighted by molar-refractivity contribution is -0.117. The maximum absolute atomic E-state index is 13.3. The van der Waals surface area contributed by atoms with E-state index in [1.165, 1.54) is 19.2 Å². The third kappa shape index (κ3) is 2.93. The molecule has 0 aliphatic heterocycles. The number of nitrogens with one attached hydrogen (secondary N) is 1. The number of amides is 1. The number of anilines is 1. The molecule has 0 aliphatic carbocycles. The van der Waals surface area contributed by atoms with E-state index >= 15 is 0 Å². The fourth-order valence-electron chi connectivity index (χ4n) is 1.16. The van der Waals surface area contributed by atoms with Gasteiger partial charge >= 0.3 is 0 Å². The van der Waals surface area contributed by atoms with Crippen molar-refractivity contribution in [3.8, 4) is 5.75 Å². The van der Waals surface area contributed by atoms with Gasteiger partial charge in [-0.3, -0.25) is 4.79 Å². The second-order valence-electron chi connectivity index (χ2n) is 3.35. The van der Waals surface area contributed by atoms with Gasteiger partial charge < -0.3 is 15.8 Å². The molecule has 3 N–H and O–H groups in total. The van der Waals surface area contributed by atoms with Gasteiger partial charge in [0.1, 0.15) is 0 Å². The average molecular weight is 226 g/mol. The minimum Gasteiger partial charge on any atom is -0.494 e. The van der Waals surface area contributed by atoms with Crippen molar-refractivity contribution in [2.24, 2.45) is 5.73 Å². The van der Waals surface area contributed by atoms with E-state index in [2.05, 4.69) is 5.32 Å². The standard InChI is InChI=1S/C11H15FN2O2/c1-3-9(13)11(15)14-7-4-5-10(16-2)8(12)6-7/h4-6,9H,3,13H2,1-2H3,(H,14,15)/t9-/m0/s1. The topological polar surface area (TPSA) is 64.4 Å². The fraction of sp³-hybridized carbons (Fsp3) is 0.364. The van der Waals surface area contributed by atoms with Gasteiger partial charge in [-0.2, -0.15) is 0 Å². The van der Waals surface area contributed by atoms with Crippen molar-refractivity contribution >= 4 is 11.6 Å². The normalized spacial score (nSPS) is 12.0. The van der Waals surface area contributed by atoms with Crippen LogP contribution in [0, 0.1) is 5.82 Å². The molecule has 1 aromatic rings. The second kappa shape index (κ2) is 5.46. The molecule has 0 aliphatic rings. The number of hydrogen-bond acceptors (Lipinski definition) is 3. The molecule has 1 aromatic carbocycles. The van der Waals surface area contributed by atoms with Crippen molar-refractivity contribution in [2.45, 2.75) is 19.4 Å².